The molecule has 234 valence electrons. The monoisotopic (exact) mass is 568 g/mol. The van der Waals surface area contributed by atoms with Gasteiger partial charge in [0.2, 0.25) is 0 Å². The van der Waals surface area contributed by atoms with Gasteiger partial charge in [0, 0.05) is 12.0 Å². The normalized spacial score (nSPS) is 24.1. The molecule has 7 atom stereocenters. The zero-order chi connectivity index (χ0) is 29.2. The second-order valence-electron chi connectivity index (χ2n) is 12.4. The van der Waals surface area contributed by atoms with Crippen LogP contribution in [0.3, 0.4) is 0 Å². The van der Waals surface area contributed by atoms with Crippen molar-refractivity contribution in [2.24, 2.45) is 0 Å². The average Bonchev–Trinajstić information content (AvgIpc) is 3.52. The lowest BCUT2D eigenvalue weighted by molar-refractivity contribution is -0.139. The van der Waals surface area contributed by atoms with Crippen LogP contribution in [0.2, 0.25) is 0 Å². The van der Waals surface area contributed by atoms with E-state index in [1.807, 2.05) is 6.92 Å². The summed E-state index contributed by atoms with van der Waals surface area (Å²) in [6.07, 6.45) is 19.8. The van der Waals surface area contributed by atoms with E-state index in [2.05, 4.69) is 6.92 Å². The fourth-order valence-electron chi connectivity index (χ4n) is 6.06. The third-order valence-corrected chi connectivity index (χ3v) is 8.63. The number of aliphatic hydroxyl groups excluding tert-OH is 4. The molecule has 2 unspecified atom stereocenters. The number of esters is 1. The Morgan fingerprint density at radius 1 is 0.775 bits per heavy atom. The number of ether oxygens (including phenoxy) is 2. The Hall–Kier alpha value is -0.990. The highest BCUT2D eigenvalue weighted by Crippen LogP contribution is 2.28. The lowest BCUT2D eigenvalue weighted by Crippen LogP contribution is -2.26. The maximum atomic E-state index is 11.6. The second kappa shape index (κ2) is 20.8. The van der Waals surface area contributed by atoms with E-state index in [0.29, 0.717) is 31.3 Å². The summed E-state index contributed by atoms with van der Waals surface area (Å²) in [5.74, 6) is -0.290. The van der Waals surface area contributed by atoms with Crippen LogP contribution in [-0.2, 0) is 14.3 Å². The molecule has 0 aliphatic carbocycles. The van der Waals surface area contributed by atoms with Crippen LogP contribution in [-0.4, -0.2) is 69.1 Å². The van der Waals surface area contributed by atoms with Crippen LogP contribution in [0, 0.1) is 0 Å². The van der Waals surface area contributed by atoms with Crippen molar-refractivity contribution in [3.05, 3.63) is 11.6 Å². The zero-order valence-electron chi connectivity index (χ0n) is 25.5. The van der Waals surface area contributed by atoms with Crippen molar-refractivity contribution in [2.45, 2.75) is 191 Å². The van der Waals surface area contributed by atoms with Crippen LogP contribution in [0.25, 0.3) is 0 Å². The smallest absolute Gasteiger partial charge is 0.334 e. The quantitative estimate of drug-likeness (QED) is 0.0800. The first kappa shape index (κ1) is 35.2. The first-order chi connectivity index (χ1) is 19.3. The number of hydrogen-bond donors (Lipinski definition) is 4. The summed E-state index contributed by atoms with van der Waals surface area (Å²) in [7, 11) is 0. The molecule has 4 N–H and O–H groups in total. The Balaban J connectivity index is 1.41. The highest BCUT2D eigenvalue weighted by Gasteiger charge is 2.30. The van der Waals surface area contributed by atoms with Crippen molar-refractivity contribution in [3.63, 3.8) is 0 Å². The molecule has 40 heavy (non-hydrogen) atoms. The van der Waals surface area contributed by atoms with E-state index in [1.165, 1.54) is 19.3 Å². The van der Waals surface area contributed by atoms with Gasteiger partial charge in [-0.1, -0.05) is 90.4 Å². The summed E-state index contributed by atoms with van der Waals surface area (Å²) < 4.78 is 11.2. The zero-order valence-corrected chi connectivity index (χ0v) is 25.5. The van der Waals surface area contributed by atoms with Crippen molar-refractivity contribution in [1.29, 1.82) is 0 Å². The van der Waals surface area contributed by atoms with Gasteiger partial charge in [-0.15, -0.1) is 0 Å². The van der Waals surface area contributed by atoms with Gasteiger partial charge in [-0.05, 0) is 57.9 Å². The van der Waals surface area contributed by atoms with Crippen molar-refractivity contribution in [2.75, 3.05) is 0 Å². The van der Waals surface area contributed by atoms with Gasteiger partial charge < -0.3 is 29.9 Å². The second-order valence-corrected chi connectivity index (χ2v) is 12.4. The molecule has 7 heteroatoms. The topological polar surface area (TPSA) is 116 Å². The van der Waals surface area contributed by atoms with Crippen LogP contribution in [0.5, 0.6) is 0 Å². The van der Waals surface area contributed by atoms with Gasteiger partial charge in [-0.25, -0.2) is 4.79 Å². The fraction of sp³-hybridized carbons (Fsp3) is 0.909. The third-order valence-electron chi connectivity index (χ3n) is 8.63. The standard InChI is InChI=1S/C33H60O7/c1-3-4-5-7-13-18-29(35)30(36)19-14-10-15-20-31(37)32-22-21-28(40-32)17-12-9-6-8-11-16-27(34)24-26-23-25(2)39-33(26)38/h23,25,27-32,34-37H,3-22,24H2,1-2H3/t25-,27+,28+,29?,30?,31-,32-/m0/s1. The van der Waals surface area contributed by atoms with E-state index in [1.54, 1.807) is 6.08 Å². The fourth-order valence-corrected chi connectivity index (χ4v) is 6.06. The molecule has 1 saturated heterocycles. The number of hydrogen-bond acceptors (Lipinski definition) is 7. The Kier molecular flexibility index (Phi) is 18.3. The average molecular weight is 569 g/mol. The predicted octanol–water partition coefficient (Wildman–Crippen LogP) is 6.28. The first-order valence-corrected chi connectivity index (χ1v) is 16.6. The lowest BCUT2D eigenvalue weighted by atomic mass is 9.98. The van der Waals surface area contributed by atoms with E-state index >= 15 is 0 Å². The van der Waals surface area contributed by atoms with Gasteiger partial charge in [-0.2, -0.15) is 0 Å². The van der Waals surface area contributed by atoms with Crippen LogP contribution >= 0.6 is 0 Å². The molecule has 0 spiro atoms. The van der Waals surface area contributed by atoms with Gasteiger partial charge in [0.1, 0.15) is 6.10 Å². The molecule has 1 fully saturated rings. The molecule has 2 aliphatic heterocycles. The maximum absolute atomic E-state index is 11.6. The number of cyclic esters (lactones) is 1. The minimum absolute atomic E-state index is 0.0538. The minimum Gasteiger partial charge on any atom is -0.455 e. The number of rotatable bonds is 24. The Bertz CT molecular complexity index is 696. The van der Waals surface area contributed by atoms with Crippen LogP contribution in [0.15, 0.2) is 11.6 Å². The number of carbonyl (C=O) groups excluding carboxylic acids is 1. The van der Waals surface area contributed by atoms with Crippen molar-refractivity contribution < 1.29 is 34.7 Å². The number of unbranched alkanes of at least 4 members (excludes halogenated alkanes) is 10. The van der Waals surface area contributed by atoms with Gasteiger partial charge in [0.05, 0.1) is 36.6 Å². The summed E-state index contributed by atoms with van der Waals surface area (Å²) in [6.45, 7) is 4.02. The molecule has 0 amide bonds. The summed E-state index contributed by atoms with van der Waals surface area (Å²) in [6, 6.07) is 0. The van der Waals surface area contributed by atoms with E-state index in [9.17, 15) is 25.2 Å². The van der Waals surface area contributed by atoms with Gasteiger partial charge in [0.15, 0.2) is 0 Å². The van der Waals surface area contributed by atoms with Gasteiger partial charge in [-0.3, -0.25) is 0 Å². The molecule has 0 bridgehead atoms. The highest BCUT2D eigenvalue weighted by atomic mass is 16.5. The first-order valence-electron chi connectivity index (χ1n) is 16.6. The molecule has 0 aromatic heterocycles. The number of carbonyl (C=O) groups is 1. The van der Waals surface area contributed by atoms with Crippen LogP contribution < -0.4 is 0 Å². The lowest BCUT2D eigenvalue weighted by Gasteiger charge is -2.20. The van der Waals surface area contributed by atoms with Crippen molar-refractivity contribution in [3.8, 4) is 0 Å². The molecule has 2 rings (SSSR count). The number of aliphatic hydroxyl groups is 4. The molecule has 2 heterocycles. The van der Waals surface area contributed by atoms with Crippen LogP contribution in [0.4, 0.5) is 0 Å². The Labute approximate surface area is 243 Å². The largest absolute Gasteiger partial charge is 0.455 e. The summed E-state index contributed by atoms with van der Waals surface area (Å²) >= 11 is 0. The van der Waals surface area contributed by atoms with Gasteiger partial charge in [0.25, 0.3) is 0 Å². The molecule has 0 aromatic carbocycles. The molecule has 2 aliphatic rings. The van der Waals surface area contributed by atoms with E-state index in [0.717, 1.165) is 89.9 Å². The predicted molar refractivity (Wildman–Crippen MR) is 159 cm³/mol. The molecular weight excluding hydrogens is 508 g/mol. The maximum Gasteiger partial charge on any atom is 0.334 e. The molecular formula is C33H60O7. The van der Waals surface area contributed by atoms with E-state index < -0.39 is 24.4 Å². The molecule has 0 saturated carbocycles. The minimum atomic E-state index is -0.632. The van der Waals surface area contributed by atoms with Crippen molar-refractivity contribution in [1.82, 2.24) is 0 Å². The summed E-state index contributed by atoms with van der Waals surface area (Å²) in [5, 5.41) is 41.1. The van der Waals surface area contributed by atoms with E-state index in [-0.39, 0.29) is 24.3 Å². The Morgan fingerprint density at radius 2 is 1.35 bits per heavy atom. The molecule has 0 aromatic rings. The van der Waals surface area contributed by atoms with Gasteiger partial charge >= 0.3 is 5.97 Å². The SMILES string of the molecule is CCCCCCCC(O)C(O)CCCCC[C@H](O)[C@@H]1CC[C@@H](CCCCCCC[C@@H](O)CC2=C[C@H](C)OC2=O)O1. The Morgan fingerprint density at radius 3 is 2.00 bits per heavy atom. The third kappa shape index (κ3) is 14.8. The molecule has 0 radical (unpaired) electrons. The van der Waals surface area contributed by atoms with Crippen molar-refractivity contribution >= 4 is 5.97 Å². The van der Waals surface area contributed by atoms with Crippen LogP contribution in [0.1, 0.15) is 149 Å². The molecule has 7 nitrogen and oxygen atoms in total. The summed E-state index contributed by atoms with van der Waals surface area (Å²) in [5.41, 5.74) is 0.606. The van der Waals surface area contributed by atoms with E-state index in [4.69, 9.17) is 9.47 Å². The summed E-state index contributed by atoms with van der Waals surface area (Å²) in [4.78, 5) is 11.6. The highest BCUT2D eigenvalue weighted by molar-refractivity contribution is 5.90.